The van der Waals surface area contributed by atoms with Crippen LogP contribution in [0.5, 0.6) is 0 Å². The van der Waals surface area contributed by atoms with Crippen molar-refractivity contribution in [2.24, 2.45) is 0 Å². The van der Waals surface area contributed by atoms with E-state index in [2.05, 4.69) is 27.3 Å². The smallest absolute Gasteiger partial charge is 0.254 e. The van der Waals surface area contributed by atoms with Gasteiger partial charge in [0.05, 0.1) is 19.3 Å². The zero-order valence-corrected chi connectivity index (χ0v) is 11.7. The van der Waals surface area contributed by atoms with E-state index in [0.29, 0.717) is 19.0 Å². The first-order chi connectivity index (χ1) is 9.72. The van der Waals surface area contributed by atoms with Gasteiger partial charge in [-0.2, -0.15) is 14.6 Å². The molecule has 0 aromatic carbocycles. The molecule has 0 bridgehead atoms. The minimum atomic E-state index is 0.171. The van der Waals surface area contributed by atoms with Gasteiger partial charge in [0.25, 0.3) is 5.78 Å². The molecular formula is C13H19N5O2. The Kier molecular flexibility index (Phi) is 3.79. The van der Waals surface area contributed by atoms with Crippen LogP contribution in [0.15, 0.2) is 12.4 Å². The molecule has 0 saturated carbocycles. The van der Waals surface area contributed by atoms with Crippen LogP contribution in [-0.4, -0.2) is 51.5 Å². The number of ether oxygens (including phenoxy) is 2. The van der Waals surface area contributed by atoms with E-state index in [1.165, 1.54) is 6.33 Å². The standard InChI is InChI=1S/C13H19N5O2/c1-9-5-12(18-13(17-9)14-8-15-18)16-10(2)6-20-11-3-4-19-7-11/h5,8,10-11,16H,3-4,6-7H2,1-2H3. The number of nitrogens with zero attached hydrogens (tertiary/aromatic N) is 4. The van der Waals surface area contributed by atoms with Crippen molar-refractivity contribution in [1.82, 2.24) is 19.6 Å². The highest BCUT2D eigenvalue weighted by Crippen LogP contribution is 2.13. The summed E-state index contributed by atoms with van der Waals surface area (Å²) >= 11 is 0. The second kappa shape index (κ2) is 5.72. The monoisotopic (exact) mass is 277 g/mol. The largest absolute Gasteiger partial charge is 0.379 e. The highest BCUT2D eigenvalue weighted by Gasteiger charge is 2.17. The van der Waals surface area contributed by atoms with Crippen LogP contribution in [0.1, 0.15) is 19.0 Å². The van der Waals surface area contributed by atoms with E-state index in [1.54, 1.807) is 4.52 Å². The first-order valence-electron chi connectivity index (χ1n) is 6.85. The van der Waals surface area contributed by atoms with Crippen molar-refractivity contribution < 1.29 is 9.47 Å². The maximum Gasteiger partial charge on any atom is 0.254 e. The Hall–Kier alpha value is -1.73. The van der Waals surface area contributed by atoms with Gasteiger partial charge in [0.1, 0.15) is 12.1 Å². The van der Waals surface area contributed by atoms with Crippen LogP contribution in [0.4, 0.5) is 5.82 Å². The zero-order chi connectivity index (χ0) is 13.9. The molecule has 1 N–H and O–H groups in total. The summed E-state index contributed by atoms with van der Waals surface area (Å²) in [5.41, 5.74) is 0.908. The Balaban J connectivity index is 1.64. The van der Waals surface area contributed by atoms with Gasteiger partial charge in [0.2, 0.25) is 0 Å². The fourth-order valence-electron chi connectivity index (χ4n) is 2.25. The lowest BCUT2D eigenvalue weighted by Crippen LogP contribution is -2.27. The molecule has 2 aromatic heterocycles. The van der Waals surface area contributed by atoms with Gasteiger partial charge in [0, 0.05) is 24.4 Å². The molecule has 1 aliphatic rings. The summed E-state index contributed by atoms with van der Waals surface area (Å²) in [7, 11) is 0. The van der Waals surface area contributed by atoms with Gasteiger partial charge in [-0.1, -0.05) is 0 Å². The second-order valence-corrected chi connectivity index (χ2v) is 5.12. The lowest BCUT2D eigenvalue weighted by atomic mass is 10.3. The zero-order valence-electron chi connectivity index (χ0n) is 11.7. The number of aromatic nitrogens is 4. The molecule has 7 nitrogen and oxygen atoms in total. The Morgan fingerprint density at radius 3 is 3.30 bits per heavy atom. The maximum absolute atomic E-state index is 5.81. The van der Waals surface area contributed by atoms with E-state index < -0.39 is 0 Å². The number of aryl methyl sites for hydroxylation is 1. The molecule has 2 atom stereocenters. The molecule has 2 aromatic rings. The molecule has 0 aliphatic carbocycles. The van der Waals surface area contributed by atoms with Crippen molar-refractivity contribution in [3.63, 3.8) is 0 Å². The molecule has 2 unspecified atom stereocenters. The van der Waals surface area contributed by atoms with Gasteiger partial charge >= 0.3 is 0 Å². The van der Waals surface area contributed by atoms with Crippen molar-refractivity contribution in [1.29, 1.82) is 0 Å². The van der Waals surface area contributed by atoms with Gasteiger partial charge in [-0.15, -0.1) is 0 Å². The molecule has 1 fully saturated rings. The Morgan fingerprint density at radius 2 is 2.50 bits per heavy atom. The average Bonchev–Trinajstić information content (AvgIpc) is 3.06. The molecule has 1 aliphatic heterocycles. The highest BCUT2D eigenvalue weighted by molar-refractivity contribution is 5.45. The number of hydrogen-bond acceptors (Lipinski definition) is 6. The topological polar surface area (TPSA) is 73.6 Å². The second-order valence-electron chi connectivity index (χ2n) is 5.12. The number of anilines is 1. The maximum atomic E-state index is 5.81. The highest BCUT2D eigenvalue weighted by atomic mass is 16.5. The first-order valence-corrected chi connectivity index (χ1v) is 6.85. The van der Waals surface area contributed by atoms with Crippen LogP contribution in [-0.2, 0) is 9.47 Å². The van der Waals surface area contributed by atoms with E-state index in [0.717, 1.165) is 24.5 Å². The van der Waals surface area contributed by atoms with Crippen LogP contribution in [0.3, 0.4) is 0 Å². The van der Waals surface area contributed by atoms with Crippen molar-refractivity contribution in [2.75, 3.05) is 25.1 Å². The van der Waals surface area contributed by atoms with E-state index in [9.17, 15) is 0 Å². The van der Waals surface area contributed by atoms with E-state index >= 15 is 0 Å². The van der Waals surface area contributed by atoms with Crippen LogP contribution >= 0.6 is 0 Å². The van der Waals surface area contributed by atoms with E-state index in [1.807, 2.05) is 13.0 Å². The van der Waals surface area contributed by atoms with E-state index in [4.69, 9.17) is 9.47 Å². The minimum absolute atomic E-state index is 0.171. The molecule has 20 heavy (non-hydrogen) atoms. The van der Waals surface area contributed by atoms with Gasteiger partial charge < -0.3 is 14.8 Å². The molecule has 7 heteroatoms. The van der Waals surface area contributed by atoms with Crippen molar-refractivity contribution >= 4 is 11.6 Å². The van der Waals surface area contributed by atoms with Crippen LogP contribution in [0.2, 0.25) is 0 Å². The third-order valence-electron chi connectivity index (χ3n) is 3.24. The number of rotatable bonds is 5. The van der Waals surface area contributed by atoms with Crippen LogP contribution < -0.4 is 5.32 Å². The van der Waals surface area contributed by atoms with E-state index in [-0.39, 0.29) is 12.1 Å². The molecule has 0 spiro atoms. The summed E-state index contributed by atoms with van der Waals surface area (Å²) in [4.78, 5) is 8.42. The molecule has 0 radical (unpaired) electrons. The molecular weight excluding hydrogens is 258 g/mol. The normalized spacial score (nSPS) is 20.4. The van der Waals surface area contributed by atoms with Crippen LogP contribution in [0, 0.1) is 6.92 Å². The molecule has 3 rings (SSSR count). The Bertz CT molecular complexity index is 579. The van der Waals surface area contributed by atoms with Gasteiger partial charge in [-0.25, -0.2) is 4.98 Å². The summed E-state index contributed by atoms with van der Waals surface area (Å²) in [6.45, 7) is 6.15. The number of hydrogen-bond donors (Lipinski definition) is 1. The SMILES string of the molecule is Cc1cc(NC(C)COC2CCOC2)n2ncnc2n1. The van der Waals surface area contributed by atoms with Crippen molar-refractivity contribution in [2.45, 2.75) is 32.4 Å². The third-order valence-corrected chi connectivity index (χ3v) is 3.24. The predicted octanol–water partition coefficient (Wildman–Crippen LogP) is 1.04. The van der Waals surface area contributed by atoms with Gasteiger partial charge in [-0.05, 0) is 20.3 Å². The molecule has 1 saturated heterocycles. The molecule has 0 amide bonds. The Morgan fingerprint density at radius 1 is 1.60 bits per heavy atom. The molecule has 3 heterocycles. The fourth-order valence-corrected chi connectivity index (χ4v) is 2.25. The summed E-state index contributed by atoms with van der Waals surface area (Å²) in [6.07, 6.45) is 2.71. The van der Waals surface area contributed by atoms with Gasteiger partial charge in [0.15, 0.2) is 0 Å². The lowest BCUT2D eigenvalue weighted by Gasteiger charge is -2.18. The van der Waals surface area contributed by atoms with Crippen molar-refractivity contribution in [3.8, 4) is 0 Å². The summed E-state index contributed by atoms with van der Waals surface area (Å²) < 4.78 is 12.8. The minimum Gasteiger partial charge on any atom is -0.379 e. The Labute approximate surface area is 117 Å². The average molecular weight is 277 g/mol. The third kappa shape index (κ3) is 2.88. The summed E-state index contributed by atoms with van der Waals surface area (Å²) in [6, 6.07) is 2.13. The number of fused-ring (bicyclic) bond motifs is 1. The first kappa shape index (κ1) is 13.3. The predicted molar refractivity (Wildman–Crippen MR) is 73.8 cm³/mol. The quantitative estimate of drug-likeness (QED) is 0.880. The van der Waals surface area contributed by atoms with Crippen molar-refractivity contribution in [3.05, 3.63) is 18.1 Å². The molecule has 108 valence electrons. The lowest BCUT2D eigenvalue weighted by molar-refractivity contribution is 0.0394. The van der Waals surface area contributed by atoms with Crippen LogP contribution in [0.25, 0.3) is 5.78 Å². The summed E-state index contributed by atoms with van der Waals surface area (Å²) in [5.74, 6) is 1.48. The summed E-state index contributed by atoms with van der Waals surface area (Å²) in [5, 5.41) is 7.56. The van der Waals surface area contributed by atoms with Gasteiger partial charge in [-0.3, -0.25) is 0 Å². The number of nitrogens with one attached hydrogen (secondary N) is 1. The fraction of sp³-hybridized carbons (Fsp3) is 0.615.